The van der Waals surface area contributed by atoms with Gasteiger partial charge in [0.1, 0.15) is 5.82 Å². The zero-order valence-corrected chi connectivity index (χ0v) is 18.8. The van der Waals surface area contributed by atoms with Crippen LogP contribution in [0.25, 0.3) is 10.8 Å². The summed E-state index contributed by atoms with van der Waals surface area (Å²) in [7, 11) is 0. The first kappa shape index (κ1) is 20.7. The topological polar surface area (TPSA) is 81.0 Å². The van der Waals surface area contributed by atoms with Crippen molar-refractivity contribution in [3.8, 4) is 6.07 Å². The van der Waals surface area contributed by atoms with Crippen molar-refractivity contribution in [3.63, 3.8) is 0 Å². The molecule has 1 aromatic carbocycles. The van der Waals surface area contributed by atoms with E-state index < -0.39 is 0 Å². The largest absolute Gasteiger partial charge is 0.364 e. The van der Waals surface area contributed by atoms with Gasteiger partial charge in [0.25, 0.3) is 0 Å². The fraction of sp³-hybridized carbons (Fsp3) is 0.440. The summed E-state index contributed by atoms with van der Waals surface area (Å²) in [6.45, 7) is 8.95. The van der Waals surface area contributed by atoms with Gasteiger partial charge in [0, 0.05) is 49.2 Å². The second kappa shape index (κ2) is 8.71. The van der Waals surface area contributed by atoms with E-state index in [2.05, 4.69) is 37.4 Å². The summed E-state index contributed by atoms with van der Waals surface area (Å²) < 4.78 is 0. The number of nitriles is 1. The van der Waals surface area contributed by atoms with Gasteiger partial charge in [0.15, 0.2) is 5.82 Å². The van der Waals surface area contributed by atoms with E-state index in [1.807, 2.05) is 38.2 Å². The predicted octanol–water partition coefficient (Wildman–Crippen LogP) is 3.80. The number of piperidine rings is 1. The standard InChI is InChI=1S/C25H29N7/c1-17-19(13-26)6-5-7-20(17)14-28-25-22-12-24(27-15-23(22)18(2)29-30-25)32-11-10-31-9-4-3-8-21(31)16-32/h5-7,12,15,21H,3-4,8-11,14,16H2,1-2H3,(H,28,30). The van der Waals surface area contributed by atoms with Crippen LogP contribution in [0, 0.1) is 25.2 Å². The van der Waals surface area contributed by atoms with E-state index >= 15 is 0 Å². The molecule has 2 aromatic heterocycles. The van der Waals surface area contributed by atoms with Crippen molar-refractivity contribution >= 4 is 22.4 Å². The molecule has 164 valence electrons. The Bertz CT molecular complexity index is 1180. The molecule has 1 atom stereocenters. The number of hydrogen-bond donors (Lipinski definition) is 1. The summed E-state index contributed by atoms with van der Waals surface area (Å²) >= 11 is 0. The molecule has 2 aliphatic heterocycles. The van der Waals surface area contributed by atoms with Crippen LogP contribution in [-0.4, -0.2) is 52.3 Å². The molecule has 32 heavy (non-hydrogen) atoms. The maximum absolute atomic E-state index is 9.32. The molecule has 0 aliphatic carbocycles. The highest BCUT2D eigenvalue weighted by atomic mass is 15.3. The number of nitrogens with zero attached hydrogens (tertiary/aromatic N) is 6. The Morgan fingerprint density at radius 2 is 2.03 bits per heavy atom. The number of pyridine rings is 1. The Labute approximate surface area is 189 Å². The van der Waals surface area contributed by atoms with Crippen LogP contribution in [0.1, 0.15) is 41.6 Å². The molecule has 7 heteroatoms. The lowest BCUT2D eigenvalue weighted by molar-refractivity contribution is 0.133. The van der Waals surface area contributed by atoms with E-state index in [9.17, 15) is 5.26 Å². The highest BCUT2D eigenvalue weighted by Gasteiger charge is 2.29. The van der Waals surface area contributed by atoms with E-state index in [1.165, 1.54) is 25.8 Å². The minimum absolute atomic E-state index is 0.590. The molecule has 1 N–H and O–H groups in total. The molecule has 4 heterocycles. The quantitative estimate of drug-likeness (QED) is 0.678. The summed E-state index contributed by atoms with van der Waals surface area (Å²) in [5.41, 5.74) is 3.67. The number of piperazine rings is 1. The Kier molecular flexibility index (Phi) is 5.62. The fourth-order valence-corrected chi connectivity index (χ4v) is 5.00. The summed E-state index contributed by atoms with van der Waals surface area (Å²) in [5.74, 6) is 1.77. The van der Waals surface area contributed by atoms with Crippen LogP contribution in [0.15, 0.2) is 30.5 Å². The second-order valence-corrected chi connectivity index (χ2v) is 8.91. The average Bonchev–Trinajstić information content (AvgIpc) is 2.84. The third-order valence-corrected chi connectivity index (χ3v) is 7.01. The van der Waals surface area contributed by atoms with Gasteiger partial charge in [0.05, 0.1) is 17.3 Å². The Morgan fingerprint density at radius 1 is 1.12 bits per heavy atom. The van der Waals surface area contributed by atoms with Gasteiger partial charge in [-0.05, 0) is 56.5 Å². The molecule has 0 saturated carbocycles. The zero-order valence-electron chi connectivity index (χ0n) is 18.8. The molecular weight excluding hydrogens is 398 g/mol. The van der Waals surface area contributed by atoms with Gasteiger partial charge >= 0.3 is 0 Å². The number of rotatable bonds is 4. The number of fused-ring (bicyclic) bond motifs is 2. The number of anilines is 2. The van der Waals surface area contributed by atoms with Crippen molar-refractivity contribution in [2.24, 2.45) is 0 Å². The number of aryl methyl sites for hydroxylation is 1. The van der Waals surface area contributed by atoms with Crippen molar-refractivity contribution in [1.82, 2.24) is 20.1 Å². The van der Waals surface area contributed by atoms with Crippen molar-refractivity contribution < 1.29 is 0 Å². The minimum atomic E-state index is 0.590. The van der Waals surface area contributed by atoms with Crippen LogP contribution in [0.4, 0.5) is 11.6 Å². The predicted molar refractivity (Wildman–Crippen MR) is 127 cm³/mol. The molecule has 3 aromatic rings. The minimum Gasteiger partial charge on any atom is -0.364 e. The van der Waals surface area contributed by atoms with Gasteiger partial charge in [-0.2, -0.15) is 10.4 Å². The van der Waals surface area contributed by atoms with E-state index in [-0.39, 0.29) is 0 Å². The van der Waals surface area contributed by atoms with Gasteiger partial charge in [-0.3, -0.25) is 4.90 Å². The van der Waals surface area contributed by atoms with Crippen LogP contribution < -0.4 is 10.2 Å². The Morgan fingerprint density at radius 3 is 2.91 bits per heavy atom. The molecule has 7 nitrogen and oxygen atoms in total. The van der Waals surface area contributed by atoms with Crippen molar-refractivity contribution in [2.45, 2.75) is 45.7 Å². The molecule has 0 amide bonds. The van der Waals surface area contributed by atoms with E-state index in [1.54, 1.807) is 0 Å². The van der Waals surface area contributed by atoms with Crippen molar-refractivity contribution in [3.05, 3.63) is 52.8 Å². The van der Waals surface area contributed by atoms with Crippen molar-refractivity contribution in [2.75, 3.05) is 36.4 Å². The van der Waals surface area contributed by atoms with Crippen LogP contribution in [0.5, 0.6) is 0 Å². The van der Waals surface area contributed by atoms with E-state index in [0.29, 0.717) is 18.2 Å². The third-order valence-electron chi connectivity index (χ3n) is 7.01. The van der Waals surface area contributed by atoms with Gasteiger partial charge < -0.3 is 10.2 Å². The summed E-state index contributed by atoms with van der Waals surface area (Å²) in [4.78, 5) is 9.86. The molecule has 0 bridgehead atoms. The van der Waals surface area contributed by atoms with Gasteiger partial charge in [0.2, 0.25) is 0 Å². The number of aromatic nitrogens is 3. The van der Waals surface area contributed by atoms with Gasteiger partial charge in [-0.15, -0.1) is 5.10 Å². The first-order chi connectivity index (χ1) is 15.6. The fourth-order valence-electron chi connectivity index (χ4n) is 5.00. The van der Waals surface area contributed by atoms with Gasteiger partial charge in [-0.1, -0.05) is 18.6 Å². The number of nitrogens with one attached hydrogen (secondary N) is 1. The third kappa shape index (κ3) is 3.87. The van der Waals surface area contributed by atoms with Crippen LogP contribution in [0.3, 0.4) is 0 Å². The molecular formula is C25H29N7. The zero-order chi connectivity index (χ0) is 22.1. The lowest BCUT2D eigenvalue weighted by atomic mass is 9.99. The first-order valence-corrected chi connectivity index (χ1v) is 11.5. The van der Waals surface area contributed by atoms with Crippen LogP contribution in [0.2, 0.25) is 0 Å². The first-order valence-electron chi connectivity index (χ1n) is 11.5. The highest BCUT2D eigenvalue weighted by molar-refractivity contribution is 5.94. The van der Waals surface area contributed by atoms with Crippen LogP contribution >= 0.6 is 0 Å². The summed E-state index contributed by atoms with van der Waals surface area (Å²) in [5, 5.41) is 23.7. The van der Waals surface area contributed by atoms with E-state index in [0.717, 1.165) is 58.9 Å². The van der Waals surface area contributed by atoms with Gasteiger partial charge in [-0.25, -0.2) is 4.98 Å². The molecule has 0 radical (unpaired) electrons. The molecule has 2 aliphatic rings. The lowest BCUT2D eigenvalue weighted by Crippen LogP contribution is -2.55. The lowest BCUT2D eigenvalue weighted by Gasteiger charge is -2.44. The number of hydrogen-bond acceptors (Lipinski definition) is 7. The molecule has 1 unspecified atom stereocenters. The monoisotopic (exact) mass is 427 g/mol. The average molecular weight is 428 g/mol. The maximum Gasteiger partial charge on any atom is 0.157 e. The highest BCUT2D eigenvalue weighted by Crippen LogP contribution is 2.29. The van der Waals surface area contributed by atoms with E-state index in [4.69, 9.17) is 4.98 Å². The summed E-state index contributed by atoms with van der Waals surface area (Å²) in [6, 6.07) is 10.9. The molecule has 5 rings (SSSR count). The normalized spacial score (nSPS) is 18.9. The SMILES string of the molecule is Cc1c(C#N)cccc1CNc1nnc(C)c2cnc(N3CCN4CCCCC4C3)cc12. The number of benzene rings is 1. The molecule has 0 spiro atoms. The van der Waals surface area contributed by atoms with Crippen molar-refractivity contribution in [1.29, 1.82) is 5.26 Å². The Hall–Kier alpha value is -3.24. The Balaban J connectivity index is 1.42. The molecule has 2 saturated heterocycles. The summed E-state index contributed by atoms with van der Waals surface area (Å²) in [6.07, 6.45) is 5.88. The maximum atomic E-state index is 9.32. The molecule has 2 fully saturated rings. The second-order valence-electron chi connectivity index (χ2n) is 8.91. The smallest absolute Gasteiger partial charge is 0.157 e. The van der Waals surface area contributed by atoms with Crippen LogP contribution in [-0.2, 0) is 6.54 Å².